The summed E-state index contributed by atoms with van der Waals surface area (Å²) in [6.45, 7) is 4.70. The van der Waals surface area contributed by atoms with Gasteiger partial charge in [-0.3, -0.25) is 14.4 Å². The van der Waals surface area contributed by atoms with Crippen molar-refractivity contribution in [3.63, 3.8) is 0 Å². The number of esters is 1. The molecule has 0 heterocycles. The first-order valence-electron chi connectivity index (χ1n) is 9.70. The molecule has 0 spiro atoms. The van der Waals surface area contributed by atoms with Gasteiger partial charge >= 0.3 is 5.97 Å². The van der Waals surface area contributed by atoms with Crippen molar-refractivity contribution in [3.05, 3.63) is 66.0 Å². The molecule has 0 aromatic heterocycles. The van der Waals surface area contributed by atoms with Crippen molar-refractivity contribution < 1.29 is 23.5 Å². The molecular formula is C23H27FN2O4. The molecule has 2 rings (SSSR count). The van der Waals surface area contributed by atoms with Gasteiger partial charge in [-0.25, -0.2) is 4.39 Å². The molecule has 2 aromatic rings. The lowest BCUT2D eigenvalue weighted by molar-refractivity contribution is -0.154. The highest BCUT2D eigenvalue weighted by Crippen LogP contribution is 2.15. The van der Waals surface area contributed by atoms with Crippen molar-refractivity contribution in [2.75, 3.05) is 18.5 Å². The summed E-state index contributed by atoms with van der Waals surface area (Å²) in [5.74, 6) is -1.78. The maximum Gasteiger partial charge on any atom is 0.306 e. The van der Waals surface area contributed by atoms with Crippen molar-refractivity contribution in [1.82, 2.24) is 4.90 Å². The van der Waals surface area contributed by atoms with Crippen LogP contribution in [0.5, 0.6) is 0 Å². The molecule has 2 amide bonds. The smallest absolute Gasteiger partial charge is 0.306 e. The second-order valence-corrected chi connectivity index (χ2v) is 7.85. The molecule has 7 heteroatoms. The third kappa shape index (κ3) is 7.66. The number of carbonyl (C=O) groups is 3. The zero-order chi connectivity index (χ0) is 22.1. The summed E-state index contributed by atoms with van der Waals surface area (Å²) in [6.07, 6.45) is 0.689. The van der Waals surface area contributed by atoms with Crippen LogP contribution in [0.1, 0.15) is 32.8 Å². The molecule has 2 aromatic carbocycles. The summed E-state index contributed by atoms with van der Waals surface area (Å²) in [5, 5.41) is 2.62. The first kappa shape index (κ1) is 23.1. The fourth-order valence-corrected chi connectivity index (χ4v) is 2.76. The Hall–Kier alpha value is -3.22. The number of benzene rings is 2. The molecule has 0 unspecified atom stereocenters. The lowest BCUT2D eigenvalue weighted by Crippen LogP contribution is -2.50. The summed E-state index contributed by atoms with van der Waals surface area (Å²) < 4.78 is 18.1. The van der Waals surface area contributed by atoms with Gasteiger partial charge in [0.15, 0.2) is 6.61 Å². The highest BCUT2D eigenvalue weighted by molar-refractivity contribution is 5.95. The van der Waals surface area contributed by atoms with Gasteiger partial charge in [-0.15, -0.1) is 0 Å². The van der Waals surface area contributed by atoms with Crippen LogP contribution in [0.25, 0.3) is 0 Å². The fourth-order valence-electron chi connectivity index (χ4n) is 2.76. The van der Waals surface area contributed by atoms with Crippen LogP contribution in [0.15, 0.2) is 54.6 Å². The molecule has 0 saturated carbocycles. The zero-order valence-electron chi connectivity index (χ0n) is 17.5. The third-order valence-electron chi connectivity index (χ3n) is 4.36. The fraction of sp³-hybridized carbons (Fsp3) is 0.348. The van der Waals surface area contributed by atoms with E-state index in [1.54, 1.807) is 20.8 Å². The van der Waals surface area contributed by atoms with E-state index in [2.05, 4.69) is 5.32 Å². The number of nitrogens with one attached hydrogen (secondary N) is 1. The number of hydrogen-bond donors (Lipinski definition) is 1. The molecule has 0 bridgehead atoms. The van der Waals surface area contributed by atoms with Gasteiger partial charge in [-0.2, -0.15) is 0 Å². The number of hydrogen-bond acceptors (Lipinski definition) is 4. The Morgan fingerprint density at radius 3 is 2.23 bits per heavy atom. The first-order valence-corrected chi connectivity index (χ1v) is 9.70. The minimum absolute atomic E-state index is 0.165. The Labute approximate surface area is 176 Å². The maximum atomic E-state index is 13.0. The van der Waals surface area contributed by atoms with E-state index in [1.165, 1.54) is 29.2 Å². The van der Waals surface area contributed by atoms with Crippen LogP contribution in [0.4, 0.5) is 10.1 Å². The number of halogens is 1. The van der Waals surface area contributed by atoms with Gasteiger partial charge in [-0.1, -0.05) is 30.3 Å². The lowest BCUT2D eigenvalue weighted by Gasteiger charge is -2.35. The number of anilines is 1. The maximum absolute atomic E-state index is 13.0. The number of nitrogens with zero attached hydrogens (tertiary/aromatic N) is 1. The minimum Gasteiger partial charge on any atom is -0.456 e. The Balaban J connectivity index is 1.87. The summed E-state index contributed by atoms with van der Waals surface area (Å²) in [6, 6.07) is 14.8. The van der Waals surface area contributed by atoms with E-state index in [0.29, 0.717) is 12.1 Å². The van der Waals surface area contributed by atoms with Gasteiger partial charge in [0.2, 0.25) is 5.91 Å². The highest BCUT2D eigenvalue weighted by Gasteiger charge is 2.29. The number of rotatable bonds is 8. The molecule has 0 aliphatic carbocycles. The van der Waals surface area contributed by atoms with E-state index in [4.69, 9.17) is 4.74 Å². The molecule has 0 aliphatic rings. The van der Waals surface area contributed by atoms with E-state index in [1.807, 2.05) is 30.3 Å². The summed E-state index contributed by atoms with van der Waals surface area (Å²) >= 11 is 0. The third-order valence-corrected chi connectivity index (χ3v) is 4.36. The Kier molecular flexibility index (Phi) is 8.09. The van der Waals surface area contributed by atoms with Crippen LogP contribution in [-0.4, -0.2) is 41.4 Å². The zero-order valence-corrected chi connectivity index (χ0v) is 17.5. The van der Waals surface area contributed by atoms with E-state index in [-0.39, 0.29) is 13.0 Å². The molecule has 0 atom stereocenters. The first-order chi connectivity index (χ1) is 14.1. The quantitative estimate of drug-likeness (QED) is 0.670. The van der Waals surface area contributed by atoms with Crippen LogP contribution < -0.4 is 5.32 Å². The monoisotopic (exact) mass is 414 g/mol. The predicted molar refractivity (Wildman–Crippen MR) is 112 cm³/mol. The molecule has 1 N–H and O–H groups in total. The van der Waals surface area contributed by atoms with Crippen molar-refractivity contribution in [1.29, 1.82) is 0 Å². The van der Waals surface area contributed by atoms with Crippen molar-refractivity contribution in [2.45, 2.75) is 39.2 Å². The van der Waals surface area contributed by atoms with E-state index in [9.17, 15) is 18.8 Å². The summed E-state index contributed by atoms with van der Waals surface area (Å²) in [5.41, 5.74) is 0.776. The van der Waals surface area contributed by atoms with Gasteiger partial charge in [-0.05, 0) is 57.0 Å². The second-order valence-electron chi connectivity index (χ2n) is 7.85. The molecule has 0 radical (unpaired) electrons. The Bertz CT molecular complexity index is 861. The van der Waals surface area contributed by atoms with E-state index in [0.717, 1.165) is 5.56 Å². The van der Waals surface area contributed by atoms with Crippen molar-refractivity contribution >= 4 is 23.5 Å². The standard InChI is InChI=1S/C23H27FN2O4/c1-23(2,3)26(15-20(27)25-19-12-10-18(24)11-13-19)21(28)16-30-22(29)14-9-17-7-5-4-6-8-17/h4-8,10-13H,9,14-16H2,1-3H3,(H,25,27). The Morgan fingerprint density at radius 2 is 1.63 bits per heavy atom. The molecule has 0 saturated heterocycles. The van der Waals surface area contributed by atoms with Gasteiger partial charge in [0, 0.05) is 17.6 Å². The van der Waals surface area contributed by atoms with E-state index < -0.39 is 35.7 Å². The predicted octanol–water partition coefficient (Wildman–Crippen LogP) is 3.57. The highest BCUT2D eigenvalue weighted by atomic mass is 19.1. The number of carbonyl (C=O) groups excluding carboxylic acids is 3. The topological polar surface area (TPSA) is 75.7 Å². The number of ether oxygens (including phenoxy) is 1. The molecule has 0 aliphatic heterocycles. The van der Waals surface area contributed by atoms with Gasteiger partial charge in [0.1, 0.15) is 12.4 Å². The lowest BCUT2D eigenvalue weighted by atomic mass is 10.1. The molecular weight excluding hydrogens is 387 g/mol. The molecule has 6 nitrogen and oxygen atoms in total. The van der Waals surface area contributed by atoms with Crippen LogP contribution in [0.2, 0.25) is 0 Å². The van der Waals surface area contributed by atoms with Crippen LogP contribution in [-0.2, 0) is 25.5 Å². The average molecular weight is 414 g/mol. The number of aryl methyl sites for hydroxylation is 1. The molecule has 160 valence electrons. The summed E-state index contributed by atoms with van der Waals surface area (Å²) in [4.78, 5) is 38.3. The molecule has 30 heavy (non-hydrogen) atoms. The number of amides is 2. The normalized spacial score (nSPS) is 10.9. The van der Waals surface area contributed by atoms with Gasteiger partial charge in [0.25, 0.3) is 5.91 Å². The largest absolute Gasteiger partial charge is 0.456 e. The van der Waals surface area contributed by atoms with Gasteiger partial charge < -0.3 is 15.0 Å². The summed E-state index contributed by atoms with van der Waals surface area (Å²) in [7, 11) is 0. The molecule has 0 fully saturated rings. The van der Waals surface area contributed by atoms with Crippen molar-refractivity contribution in [2.24, 2.45) is 0 Å². The van der Waals surface area contributed by atoms with E-state index >= 15 is 0 Å². The van der Waals surface area contributed by atoms with Crippen molar-refractivity contribution in [3.8, 4) is 0 Å². The minimum atomic E-state index is -0.659. The second kappa shape index (κ2) is 10.5. The van der Waals surface area contributed by atoms with Crippen LogP contribution in [0.3, 0.4) is 0 Å². The SMILES string of the molecule is CC(C)(C)N(CC(=O)Nc1ccc(F)cc1)C(=O)COC(=O)CCc1ccccc1. The van der Waals surface area contributed by atoms with Gasteiger partial charge in [0.05, 0.1) is 0 Å². The Morgan fingerprint density at radius 1 is 1.00 bits per heavy atom. The average Bonchev–Trinajstić information content (AvgIpc) is 2.70. The van der Waals surface area contributed by atoms with Crippen LogP contribution in [0, 0.1) is 5.82 Å². The van der Waals surface area contributed by atoms with Crippen LogP contribution >= 0.6 is 0 Å².